The molecule has 1 aliphatic heterocycles. The molecule has 4 rings (SSSR count). The minimum absolute atomic E-state index is 0.0105. The Balaban J connectivity index is 1.58. The average Bonchev–Trinajstić information content (AvgIpc) is 3.44. The van der Waals surface area contributed by atoms with Crippen LogP contribution in [-0.4, -0.2) is 18.4 Å². The lowest BCUT2D eigenvalue weighted by atomic mass is 10.1. The van der Waals surface area contributed by atoms with Crippen LogP contribution in [0.25, 0.3) is 6.08 Å². The van der Waals surface area contributed by atoms with Gasteiger partial charge in [0, 0.05) is 11.6 Å². The maximum Gasteiger partial charge on any atom is 0.314 e. The molecule has 0 atom stereocenters. The fourth-order valence-corrected chi connectivity index (χ4v) is 2.78. The zero-order chi connectivity index (χ0) is 18.1. The van der Waals surface area contributed by atoms with Crippen LogP contribution in [0.3, 0.4) is 0 Å². The van der Waals surface area contributed by atoms with Gasteiger partial charge >= 0.3 is 5.97 Å². The molecule has 2 aromatic carbocycles. The van der Waals surface area contributed by atoms with Gasteiger partial charge in [0.05, 0.1) is 18.1 Å². The third kappa shape index (κ3) is 3.20. The molecule has 1 fully saturated rings. The average molecular weight is 350 g/mol. The Hall–Kier alpha value is -3.08. The second kappa shape index (κ2) is 6.67. The van der Waals surface area contributed by atoms with E-state index in [0.29, 0.717) is 29.4 Å². The molecule has 0 spiro atoms. The number of ketones is 1. The van der Waals surface area contributed by atoms with Crippen LogP contribution in [0.5, 0.6) is 17.2 Å². The van der Waals surface area contributed by atoms with E-state index in [1.54, 1.807) is 24.3 Å². The third-order valence-corrected chi connectivity index (χ3v) is 4.28. The number of hydrogen-bond donors (Lipinski definition) is 0. The van der Waals surface area contributed by atoms with Gasteiger partial charge in [-0.1, -0.05) is 18.2 Å². The van der Waals surface area contributed by atoms with E-state index in [4.69, 9.17) is 14.2 Å². The monoisotopic (exact) mass is 350 g/mol. The molecule has 0 radical (unpaired) electrons. The first-order valence-corrected chi connectivity index (χ1v) is 8.67. The van der Waals surface area contributed by atoms with Gasteiger partial charge in [-0.15, -0.1) is 0 Å². The summed E-state index contributed by atoms with van der Waals surface area (Å²) in [4.78, 5) is 24.4. The van der Waals surface area contributed by atoms with Crippen LogP contribution in [0.2, 0.25) is 0 Å². The van der Waals surface area contributed by atoms with Crippen molar-refractivity contribution in [1.82, 2.24) is 0 Å². The van der Waals surface area contributed by atoms with Gasteiger partial charge in [-0.2, -0.15) is 0 Å². The van der Waals surface area contributed by atoms with Gasteiger partial charge in [-0.3, -0.25) is 9.59 Å². The SMILES string of the molecule is CCOc1ccccc1/C=C1\Oc2cc(OC(=O)C3CC3)ccc2C1=O. The minimum Gasteiger partial charge on any atom is -0.493 e. The highest BCUT2D eigenvalue weighted by Crippen LogP contribution is 2.37. The molecule has 0 bridgehead atoms. The lowest BCUT2D eigenvalue weighted by Gasteiger charge is -2.07. The number of carbonyl (C=O) groups is 2. The maximum absolute atomic E-state index is 12.6. The molecule has 26 heavy (non-hydrogen) atoms. The van der Waals surface area contributed by atoms with Crippen LogP contribution >= 0.6 is 0 Å². The normalized spacial score (nSPS) is 17.0. The number of benzene rings is 2. The van der Waals surface area contributed by atoms with Gasteiger partial charge < -0.3 is 14.2 Å². The first kappa shape index (κ1) is 16.4. The van der Waals surface area contributed by atoms with Crippen LogP contribution in [0, 0.1) is 5.92 Å². The van der Waals surface area contributed by atoms with Crippen molar-refractivity contribution in [3.63, 3.8) is 0 Å². The largest absolute Gasteiger partial charge is 0.493 e. The zero-order valence-electron chi connectivity index (χ0n) is 14.4. The fraction of sp³-hybridized carbons (Fsp3) is 0.238. The maximum atomic E-state index is 12.6. The molecular weight excluding hydrogens is 332 g/mol. The van der Waals surface area contributed by atoms with Gasteiger partial charge in [0.25, 0.3) is 0 Å². The van der Waals surface area contributed by atoms with Crippen molar-refractivity contribution < 1.29 is 23.8 Å². The van der Waals surface area contributed by atoms with Crippen molar-refractivity contribution in [2.75, 3.05) is 6.61 Å². The van der Waals surface area contributed by atoms with Crippen LogP contribution in [-0.2, 0) is 4.79 Å². The van der Waals surface area contributed by atoms with E-state index < -0.39 is 0 Å². The standard InChI is InChI=1S/C21H18O5/c1-2-24-17-6-4-3-5-14(17)11-19-20(22)16-10-9-15(12-18(16)26-19)25-21(23)13-7-8-13/h3-6,9-13H,2,7-8H2,1H3/b19-11-. The number of para-hydroxylation sites is 1. The number of allylic oxidation sites excluding steroid dienone is 1. The summed E-state index contributed by atoms with van der Waals surface area (Å²) in [6.07, 6.45) is 3.43. The predicted octanol–water partition coefficient (Wildman–Crippen LogP) is 4.02. The summed E-state index contributed by atoms with van der Waals surface area (Å²) in [5, 5.41) is 0. The van der Waals surface area contributed by atoms with E-state index in [1.807, 2.05) is 31.2 Å². The van der Waals surface area contributed by atoms with Crippen LogP contribution in [0.15, 0.2) is 48.2 Å². The molecule has 0 N–H and O–H groups in total. The number of fused-ring (bicyclic) bond motifs is 1. The first-order chi connectivity index (χ1) is 12.7. The van der Waals surface area contributed by atoms with Crippen molar-refractivity contribution in [3.05, 3.63) is 59.4 Å². The molecule has 5 heteroatoms. The molecule has 0 saturated heterocycles. The highest BCUT2D eigenvalue weighted by Gasteiger charge is 2.33. The lowest BCUT2D eigenvalue weighted by Crippen LogP contribution is -2.09. The minimum atomic E-state index is -0.226. The summed E-state index contributed by atoms with van der Waals surface area (Å²) >= 11 is 0. The van der Waals surface area contributed by atoms with E-state index in [-0.39, 0.29) is 23.4 Å². The summed E-state index contributed by atoms with van der Waals surface area (Å²) < 4.78 is 16.6. The lowest BCUT2D eigenvalue weighted by molar-refractivity contribution is -0.135. The van der Waals surface area contributed by atoms with E-state index in [0.717, 1.165) is 18.4 Å². The number of esters is 1. The molecule has 2 aliphatic rings. The van der Waals surface area contributed by atoms with E-state index in [9.17, 15) is 9.59 Å². The number of Topliss-reactive ketones (excluding diaryl/α,β-unsaturated/α-hetero) is 1. The Bertz CT molecular complexity index is 908. The van der Waals surface area contributed by atoms with Gasteiger partial charge in [0.2, 0.25) is 5.78 Å². The van der Waals surface area contributed by atoms with Crippen molar-refractivity contribution in [1.29, 1.82) is 0 Å². The Morgan fingerprint density at radius 3 is 2.81 bits per heavy atom. The summed E-state index contributed by atoms with van der Waals surface area (Å²) in [5.41, 5.74) is 1.22. The topological polar surface area (TPSA) is 61.8 Å². The molecule has 5 nitrogen and oxygen atoms in total. The molecule has 2 aromatic rings. The summed E-state index contributed by atoms with van der Waals surface area (Å²) in [7, 11) is 0. The fourth-order valence-electron chi connectivity index (χ4n) is 2.78. The first-order valence-electron chi connectivity index (χ1n) is 8.67. The Morgan fingerprint density at radius 1 is 1.23 bits per heavy atom. The molecule has 132 valence electrons. The highest BCUT2D eigenvalue weighted by molar-refractivity contribution is 6.14. The predicted molar refractivity (Wildman–Crippen MR) is 95.3 cm³/mol. The van der Waals surface area contributed by atoms with Crippen molar-refractivity contribution >= 4 is 17.8 Å². The van der Waals surface area contributed by atoms with Gasteiger partial charge in [0.1, 0.15) is 17.2 Å². The number of hydrogen-bond acceptors (Lipinski definition) is 5. The quantitative estimate of drug-likeness (QED) is 0.463. The van der Waals surface area contributed by atoms with Crippen LogP contribution in [0.4, 0.5) is 0 Å². The summed E-state index contributed by atoms with van der Waals surface area (Å²) in [5.74, 6) is 1.28. The molecule has 1 saturated carbocycles. The van der Waals surface area contributed by atoms with Gasteiger partial charge in [-0.25, -0.2) is 0 Å². The highest BCUT2D eigenvalue weighted by atomic mass is 16.5. The van der Waals surface area contributed by atoms with Crippen LogP contribution < -0.4 is 14.2 Å². The molecular formula is C21H18O5. The molecule has 1 aliphatic carbocycles. The van der Waals surface area contributed by atoms with Crippen molar-refractivity contribution in [3.8, 4) is 17.2 Å². The van der Waals surface area contributed by atoms with Crippen LogP contribution in [0.1, 0.15) is 35.7 Å². The van der Waals surface area contributed by atoms with E-state index in [1.165, 1.54) is 0 Å². The molecule has 0 unspecified atom stereocenters. The Kier molecular flexibility index (Phi) is 4.21. The second-order valence-corrected chi connectivity index (χ2v) is 6.26. The smallest absolute Gasteiger partial charge is 0.314 e. The summed E-state index contributed by atoms with van der Waals surface area (Å²) in [6.45, 7) is 2.44. The van der Waals surface area contributed by atoms with E-state index in [2.05, 4.69) is 0 Å². The molecule has 0 aromatic heterocycles. The summed E-state index contributed by atoms with van der Waals surface area (Å²) in [6, 6.07) is 12.3. The Morgan fingerprint density at radius 2 is 2.04 bits per heavy atom. The number of rotatable bonds is 5. The van der Waals surface area contributed by atoms with Crippen molar-refractivity contribution in [2.24, 2.45) is 5.92 Å². The van der Waals surface area contributed by atoms with Gasteiger partial charge in [0.15, 0.2) is 5.76 Å². The van der Waals surface area contributed by atoms with Crippen molar-refractivity contribution in [2.45, 2.75) is 19.8 Å². The number of ether oxygens (including phenoxy) is 3. The third-order valence-electron chi connectivity index (χ3n) is 4.28. The second-order valence-electron chi connectivity index (χ2n) is 6.26. The molecule has 1 heterocycles. The Labute approximate surface area is 151 Å². The van der Waals surface area contributed by atoms with Gasteiger partial charge in [-0.05, 0) is 44.0 Å². The number of carbonyl (C=O) groups excluding carboxylic acids is 2. The zero-order valence-corrected chi connectivity index (χ0v) is 14.4. The molecule has 0 amide bonds. The van der Waals surface area contributed by atoms with E-state index >= 15 is 0 Å².